The molecule has 0 fully saturated rings. The summed E-state index contributed by atoms with van der Waals surface area (Å²) in [6, 6.07) is 53.9. The molecule has 51 heavy (non-hydrogen) atoms. The number of aromatic nitrogens is 5. The Balaban J connectivity index is 1.44. The quantitative estimate of drug-likeness (QED) is 0.150. The molecule has 8 nitrogen and oxygen atoms in total. The van der Waals surface area contributed by atoms with E-state index < -0.39 is 15.6 Å². The number of benzene rings is 6. The Labute approximate surface area is 296 Å². The summed E-state index contributed by atoms with van der Waals surface area (Å²) < 4.78 is 32.8. The molecule has 8 aromatic rings. The summed E-state index contributed by atoms with van der Waals surface area (Å²) in [5.41, 5.74) is 5.15. The lowest BCUT2D eigenvalue weighted by Crippen LogP contribution is -2.40. The lowest BCUT2D eigenvalue weighted by molar-refractivity contribution is 0.282. The summed E-state index contributed by atoms with van der Waals surface area (Å²) in [4.78, 5) is 0.168. The Morgan fingerprint density at radius 1 is 0.608 bits per heavy atom. The minimum absolute atomic E-state index is 0.0685. The van der Waals surface area contributed by atoms with Crippen LogP contribution in [0, 0.1) is 0 Å². The van der Waals surface area contributed by atoms with Crippen LogP contribution in [-0.4, -0.2) is 37.7 Å². The number of aliphatic hydroxyl groups excluding tert-OH is 1. The van der Waals surface area contributed by atoms with Gasteiger partial charge in [0, 0.05) is 10.9 Å². The van der Waals surface area contributed by atoms with E-state index in [-0.39, 0.29) is 17.9 Å². The van der Waals surface area contributed by atoms with Gasteiger partial charge in [0.25, 0.3) is 10.0 Å². The van der Waals surface area contributed by atoms with Crippen LogP contribution in [0.15, 0.2) is 175 Å². The summed E-state index contributed by atoms with van der Waals surface area (Å²) in [5, 5.41) is 24.2. The first-order valence-corrected chi connectivity index (χ1v) is 18.0. The number of rotatable bonds is 10. The van der Waals surface area contributed by atoms with Crippen molar-refractivity contribution in [2.24, 2.45) is 0 Å². The predicted molar refractivity (Wildman–Crippen MR) is 198 cm³/mol. The van der Waals surface area contributed by atoms with E-state index in [1.54, 1.807) is 30.3 Å². The average molecular weight is 688 g/mol. The second-order valence-corrected chi connectivity index (χ2v) is 14.1. The van der Waals surface area contributed by atoms with Crippen LogP contribution in [0.1, 0.15) is 33.8 Å². The van der Waals surface area contributed by atoms with Gasteiger partial charge in [-0.2, -0.15) is 0 Å². The van der Waals surface area contributed by atoms with Crippen molar-refractivity contribution in [2.45, 2.75) is 23.5 Å². The molecule has 9 heteroatoms. The van der Waals surface area contributed by atoms with Crippen molar-refractivity contribution in [2.75, 3.05) is 0 Å². The predicted octanol–water partition coefficient (Wildman–Crippen LogP) is 7.46. The summed E-state index contributed by atoms with van der Waals surface area (Å²) in [6.45, 7) is -0.105. The molecule has 2 aromatic heterocycles. The molecular formula is C42H33N5O3S. The largest absolute Gasteiger partial charge is 0.392 e. The van der Waals surface area contributed by atoms with Crippen LogP contribution in [0.25, 0.3) is 22.0 Å². The minimum atomic E-state index is -4.11. The topological polar surface area (TPSA) is 103 Å². The van der Waals surface area contributed by atoms with E-state index in [0.717, 1.165) is 38.8 Å². The molecule has 0 saturated heterocycles. The zero-order valence-corrected chi connectivity index (χ0v) is 28.3. The van der Waals surface area contributed by atoms with Crippen molar-refractivity contribution in [3.63, 3.8) is 0 Å². The number of hydrogen-bond donors (Lipinski definition) is 1. The second kappa shape index (κ2) is 13.3. The molecule has 1 N–H and O–H groups in total. The van der Waals surface area contributed by atoms with Gasteiger partial charge in [0.15, 0.2) is 5.82 Å². The van der Waals surface area contributed by atoms with Crippen LogP contribution >= 0.6 is 0 Å². The highest BCUT2D eigenvalue weighted by atomic mass is 32.2. The minimum Gasteiger partial charge on any atom is -0.392 e. The van der Waals surface area contributed by atoms with E-state index in [0.29, 0.717) is 17.0 Å². The summed E-state index contributed by atoms with van der Waals surface area (Å²) in [7, 11) is -4.11. The van der Waals surface area contributed by atoms with E-state index in [2.05, 4.69) is 46.7 Å². The summed E-state index contributed by atoms with van der Waals surface area (Å²) in [5.74, 6) is 0.465. The van der Waals surface area contributed by atoms with Gasteiger partial charge in [-0.3, -0.25) is 0 Å². The Kier molecular flexibility index (Phi) is 8.35. The zero-order valence-electron chi connectivity index (χ0n) is 27.5. The molecule has 0 saturated carbocycles. The van der Waals surface area contributed by atoms with E-state index in [9.17, 15) is 13.5 Å². The lowest BCUT2D eigenvalue weighted by atomic mass is 9.77. The second-order valence-electron chi connectivity index (χ2n) is 12.3. The fourth-order valence-electron chi connectivity index (χ4n) is 7.13. The first-order valence-electron chi connectivity index (χ1n) is 16.6. The van der Waals surface area contributed by atoms with Crippen molar-refractivity contribution >= 4 is 20.9 Å². The molecule has 0 spiro atoms. The summed E-state index contributed by atoms with van der Waals surface area (Å²) >= 11 is 0. The standard InChI is InChI=1S/C42H33N5O3S/c48-30-31-25-27-32(28-26-31)41-37-23-13-14-24-38(37)46(51(49,50)36-21-11-4-12-22-36)39(41)29-40-43-44-45-47(40)42(33-15-5-1-6-16-33,34-17-7-2-8-18-34)35-19-9-3-10-20-35/h1-28,48H,29-30H2. The number of para-hydroxylation sites is 1. The number of nitrogens with zero attached hydrogens (tertiary/aromatic N) is 5. The molecule has 0 aliphatic heterocycles. The van der Waals surface area contributed by atoms with Gasteiger partial charge in [0.1, 0.15) is 5.54 Å². The molecule has 2 heterocycles. The van der Waals surface area contributed by atoms with Crippen molar-refractivity contribution < 1.29 is 13.5 Å². The molecule has 6 aromatic carbocycles. The average Bonchev–Trinajstić information content (AvgIpc) is 3.79. The van der Waals surface area contributed by atoms with E-state index in [4.69, 9.17) is 5.21 Å². The van der Waals surface area contributed by atoms with Crippen molar-refractivity contribution in [1.29, 1.82) is 0 Å². The third-order valence-electron chi connectivity index (χ3n) is 9.38. The van der Waals surface area contributed by atoms with Gasteiger partial charge in [-0.05, 0) is 56.4 Å². The molecule has 8 rings (SSSR count). The van der Waals surface area contributed by atoms with E-state index in [1.165, 1.54) is 3.97 Å². The number of tetrazole rings is 1. The molecule has 0 aliphatic rings. The third-order valence-corrected chi connectivity index (χ3v) is 11.2. The van der Waals surface area contributed by atoms with E-state index in [1.807, 2.05) is 108 Å². The maximum Gasteiger partial charge on any atom is 0.268 e. The van der Waals surface area contributed by atoms with Gasteiger partial charge in [0.2, 0.25) is 0 Å². The van der Waals surface area contributed by atoms with Crippen LogP contribution in [0.5, 0.6) is 0 Å². The maximum absolute atomic E-state index is 14.8. The van der Waals surface area contributed by atoms with Crippen LogP contribution in [0.4, 0.5) is 0 Å². The van der Waals surface area contributed by atoms with Crippen molar-refractivity contribution in [3.05, 3.63) is 204 Å². The number of aliphatic hydroxyl groups is 1. The Morgan fingerprint density at radius 2 is 1.12 bits per heavy atom. The number of hydrogen-bond acceptors (Lipinski definition) is 6. The Morgan fingerprint density at radius 3 is 1.67 bits per heavy atom. The molecule has 0 atom stereocenters. The van der Waals surface area contributed by atoms with Gasteiger partial charge < -0.3 is 5.11 Å². The maximum atomic E-state index is 14.8. The van der Waals surface area contributed by atoms with Crippen LogP contribution in [0.2, 0.25) is 0 Å². The SMILES string of the molecule is O=S(=O)(c1ccccc1)n1c(Cc2nnnn2C(c2ccccc2)(c2ccccc2)c2ccccc2)c(-c2ccc(CO)cc2)c2ccccc21. The first kappa shape index (κ1) is 32.1. The van der Waals surface area contributed by atoms with Crippen LogP contribution in [0.3, 0.4) is 0 Å². The molecular weight excluding hydrogens is 655 g/mol. The Bertz CT molecular complexity index is 2440. The highest BCUT2D eigenvalue weighted by Gasteiger charge is 2.42. The van der Waals surface area contributed by atoms with Crippen molar-refractivity contribution in [3.8, 4) is 11.1 Å². The molecule has 0 bridgehead atoms. The molecule has 0 radical (unpaired) electrons. The molecule has 0 unspecified atom stereocenters. The fourth-order valence-corrected chi connectivity index (χ4v) is 8.70. The fraction of sp³-hybridized carbons (Fsp3) is 0.0714. The first-order chi connectivity index (χ1) is 25.0. The van der Waals surface area contributed by atoms with Crippen LogP contribution in [-0.2, 0) is 28.6 Å². The lowest BCUT2D eigenvalue weighted by Gasteiger charge is -2.36. The molecule has 250 valence electrons. The molecule has 0 amide bonds. The van der Waals surface area contributed by atoms with Crippen molar-refractivity contribution in [1.82, 2.24) is 24.2 Å². The monoisotopic (exact) mass is 687 g/mol. The van der Waals surface area contributed by atoms with Gasteiger partial charge >= 0.3 is 0 Å². The van der Waals surface area contributed by atoms with Gasteiger partial charge in [-0.15, -0.1) is 5.10 Å². The normalized spacial score (nSPS) is 11.9. The zero-order chi connectivity index (χ0) is 34.8. The van der Waals surface area contributed by atoms with E-state index >= 15 is 0 Å². The summed E-state index contributed by atoms with van der Waals surface area (Å²) in [6.07, 6.45) is 0.0685. The highest BCUT2D eigenvalue weighted by Crippen LogP contribution is 2.43. The van der Waals surface area contributed by atoms with Gasteiger partial charge in [-0.1, -0.05) is 152 Å². The smallest absolute Gasteiger partial charge is 0.268 e. The van der Waals surface area contributed by atoms with Gasteiger partial charge in [-0.25, -0.2) is 17.1 Å². The molecule has 0 aliphatic carbocycles. The van der Waals surface area contributed by atoms with Gasteiger partial charge in [0.05, 0.1) is 29.1 Å². The number of fused-ring (bicyclic) bond motifs is 1. The highest BCUT2D eigenvalue weighted by molar-refractivity contribution is 7.90. The Hall–Kier alpha value is -6.16. The third kappa shape index (κ3) is 5.43. The van der Waals surface area contributed by atoms with Crippen LogP contribution < -0.4 is 0 Å².